The molecule has 2 aliphatic rings. The lowest BCUT2D eigenvalue weighted by molar-refractivity contribution is -0.247. The van der Waals surface area contributed by atoms with Crippen molar-refractivity contribution < 1.29 is 18.7 Å². The summed E-state index contributed by atoms with van der Waals surface area (Å²) < 4.78 is 17.1. The van der Waals surface area contributed by atoms with E-state index in [0.717, 1.165) is 50.3 Å². The van der Waals surface area contributed by atoms with Gasteiger partial charge in [0.25, 0.3) is 0 Å². The molecule has 2 aromatic rings. The van der Waals surface area contributed by atoms with Crippen LogP contribution >= 0.6 is 0 Å². The number of piperidine rings is 1. The first-order chi connectivity index (χ1) is 15.5. The van der Waals surface area contributed by atoms with E-state index in [0.29, 0.717) is 5.92 Å². The number of primary amides is 1. The lowest BCUT2D eigenvalue weighted by Gasteiger charge is -2.41. The zero-order valence-corrected chi connectivity index (χ0v) is 19.6. The highest BCUT2D eigenvalue weighted by Gasteiger charge is 2.42. The van der Waals surface area contributed by atoms with E-state index in [1.165, 1.54) is 36.8 Å². The predicted molar refractivity (Wildman–Crippen MR) is 125 cm³/mol. The summed E-state index contributed by atoms with van der Waals surface area (Å²) in [6.07, 6.45) is 10.1. The molecule has 4 rings (SSSR count). The molecule has 1 saturated carbocycles. The van der Waals surface area contributed by atoms with Crippen molar-refractivity contribution in [2.45, 2.75) is 63.1 Å². The van der Waals surface area contributed by atoms with Crippen molar-refractivity contribution in [3.05, 3.63) is 36.1 Å². The van der Waals surface area contributed by atoms with E-state index < -0.39 is 5.79 Å². The number of amides is 1. The van der Waals surface area contributed by atoms with Gasteiger partial charge in [0.1, 0.15) is 5.58 Å². The van der Waals surface area contributed by atoms with Crippen LogP contribution in [0.1, 0.15) is 62.8 Å². The highest BCUT2D eigenvalue weighted by molar-refractivity contribution is 5.81. The Labute approximate surface area is 191 Å². The molecule has 1 aromatic carbocycles. The van der Waals surface area contributed by atoms with Gasteiger partial charge < -0.3 is 24.5 Å². The second-order valence-corrected chi connectivity index (χ2v) is 9.67. The van der Waals surface area contributed by atoms with E-state index in [1.54, 1.807) is 14.2 Å². The van der Waals surface area contributed by atoms with Gasteiger partial charge in [0.15, 0.2) is 5.79 Å². The van der Waals surface area contributed by atoms with E-state index in [1.807, 2.05) is 12.3 Å². The normalized spacial score (nSPS) is 23.6. The van der Waals surface area contributed by atoms with Crippen molar-refractivity contribution in [1.29, 1.82) is 0 Å². The van der Waals surface area contributed by atoms with Gasteiger partial charge in [-0.1, -0.05) is 18.2 Å². The van der Waals surface area contributed by atoms with Crippen LogP contribution in [-0.4, -0.2) is 50.4 Å². The minimum Gasteiger partial charge on any atom is -0.464 e. The largest absolute Gasteiger partial charge is 0.464 e. The number of carbonyl (C=O) groups excluding carboxylic acids is 1. The van der Waals surface area contributed by atoms with Crippen molar-refractivity contribution in [2.75, 3.05) is 33.9 Å². The van der Waals surface area contributed by atoms with Crippen LogP contribution in [0.3, 0.4) is 0 Å². The molecule has 2 N–H and O–H groups in total. The van der Waals surface area contributed by atoms with Crippen LogP contribution < -0.4 is 5.73 Å². The maximum atomic E-state index is 11.5. The third kappa shape index (κ3) is 5.03. The van der Waals surface area contributed by atoms with Crippen molar-refractivity contribution in [2.24, 2.45) is 17.6 Å². The second-order valence-electron chi connectivity index (χ2n) is 9.67. The number of hydrogen-bond donors (Lipinski definition) is 1. The Morgan fingerprint density at radius 2 is 1.78 bits per heavy atom. The third-order valence-corrected chi connectivity index (χ3v) is 7.97. The quantitative estimate of drug-likeness (QED) is 0.571. The van der Waals surface area contributed by atoms with Crippen LogP contribution in [0, 0.1) is 11.8 Å². The summed E-state index contributed by atoms with van der Waals surface area (Å²) in [7, 11) is 3.24. The Kier molecular flexibility index (Phi) is 7.54. The van der Waals surface area contributed by atoms with Gasteiger partial charge in [-0.15, -0.1) is 0 Å². The van der Waals surface area contributed by atoms with Crippen molar-refractivity contribution in [3.8, 4) is 0 Å². The molecule has 1 saturated heterocycles. The number of benzene rings is 1. The minimum absolute atomic E-state index is 0.121. The van der Waals surface area contributed by atoms with Gasteiger partial charge in [0.2, 0.25) is 5.91 Å². The van der Waals surface area contributed by atoms with E-state index >= 15 is 0 Å². The maximum absolute atomic E-state index is 11.5. The monoisotopic (exact) mass is 442 g/mol. The first-order valence-electron chi connectivity index (χ1n) is 12.1. The number of ether oxygens (including phenoxy) is 2. The highest BCUT2D eigenvalue weighted by Crippen LogP contribution is 2.41. The SMILES string of the molecule is COC(CC(N)=O)(OC)C1CCC(CCN2CCC(c3coc4ccccc34)CC2)CC1. The van der Waals surface area contributed by atoms with Gasteiger partial charge >= 0.3 is 0 Å². The zero-order chi connectivity index (χ0) is 22.6. The van der Waals surface area contributed by atoms with Gasteiger partial charge in [-0.2, -0.15) is 0 Å². The molecule has 0 spiro atoms. The molecule has 6 heteroatoms. The summed E-state index contributed by atoms with van der Waals surface area (Å²) in [5.41, 5.74) is 7.84. The number of likely N-dealkylation sites (tertiary alicyclic amines) is 1. The fourth-order valence-electron chi connectivity index (χ4n) is 5.99. The number of nitrogens with two attached hydrogens (primary N) is 1. The van der Waals surface area contributed by atoms with Crippen molar-refractivity contribution >= 4 is 16.9 Å². The number of furan rings is 1. The smallest absolute Gasteiger partial charge is 0.222 e. The standard InChI is InChI=1S/C26H38N2O4/c1-30-26(31-2,17-25(27)29)21-9-7-19(8-10-21)11-14-28-15-12-20(13-16-28)23-18-32-24-6-4-3-5-22(23)24/h3-6,18-21H,7-17H2,1-2H3,(H2,27,29). The molecule has 2 heterocycles. The van der Waals surface area contributed by atoms with E-state index in [4.69, 9.17) is 19.6 Å². The summed E-state index contributed by atoms with van der Waals surface area (Å²) >= 11 is 0. The lowest BCUT2D eigenvalue weighted by atomic mass is 9.75. The topological polar surface area (TPSA) is 77.9 Å². The predicted octanol–water partition coefficient (Wildman–Crippen LogP) is 4.67. The second kappa shape index (κ2) is 10.4. The van der Waals surface area contributed by atoms with Crippen LogP contribution in [-0.2, 0) is 14.3 Å². The summed E-state index contributed by atoms with van der Waals surface area (Å²) in [5, 5.41) is 1.28. The molecular weight excluding hydrogens is 404 g/mol. The Morgan fingerprint density at radius 1 is 1.09 bits per heavy atom. The molecule has 32 heavy (non-hydrogen) atoms. The van der Waals surface area contributed by atoms with Crippen LogP contribution in [0.15, 0.2) is 34.9 Å². The van der Waals surface area contributed by atoms with Crippen LogP contribution in [0.4, 0.5) is 0 Å². The zero-order valence-electron chi connectivity index (χ0n) is 19.6. The first kappa shape index (κ1) is 23.3. The number of hydrogen-bond acceptors (Lipinski definition) is 5. The molecule has 1 aromatic heterocycles. The lowest BCUT2D eigenvalue weighted by Crippen LogP contribution is -2.46. The van der Waals surface area contributed by atoms with E-state index in [2.05, 4.69) is 23.1 Å². The molecular formula is C26H38N2O4. The fourth-order valence-corrected chi connectivity index (χ4v) is 5.99. The van der Waals surface area contributed by atoms with Gasteiger partial charge in [0, 0.05) is 31.1 Å². The molecule has 176 valence electrons. The average molecular weight is 443 g/mol. The van der Waals surface area contributed by atoms with Crippen LogP contribution in [0.5, 0.6) is 0 Å². The summed E-state index contributed by atoms with van der Waals surface area (Å²) in [5.74, 6) is 0.327. The Bertz CT molecular complexity index is 875. The number of nitrogens with zero attached hydrogens (tertiary/aromatic N) is 1. The van der Waals surface area contributed by atoms with Crippen LogP contribution in [0.2, 0.25) is 0 Å². The number of rotatable bonds is 9. The number of methoxy groups -OCH3 is 2. The number of fused-ring (bicyclic) bond motifs is 1. The highest BCUT2D eigenvalue weighted by atomic mass is 16.7. The van der Waals surface area contributed by atoms with Crippen molar-refractivity contribution in [3.63, 3.8) is 0 Å². The molecule has 2 fully saturated rings. The maximum Gasteiger partial charge on any atom is 0.222 e. The molecule has 1 aliphatic carbocycles. The van der Waals surface area contributed by atoms with E-state index in [9.17, 15) is 4.79 Å². The molecule has 0 atom stereocenters. The van der Waals surface area contributed by atoms with Gasteiger partial charge in [-0.25, -0.2) is 0 Å². The summed E-state index contributed by atoms with van der Waals surface area (Å²) in [4.78, 5) is 14.2. The average Bonchev–Trinajstić information content (AvgIpc) is 3.26. The van der Waals surface area contributed by atoms with Gasteiger partial charge in [0.05, 0.1) is 12.7 Å². The Morgan fingerprint density at radius 3 is 2.44 bits per heavy atom. The molecule has 0 unspecified atom stereocenters. The third-order valence-electron chi connectivity index (χ3n) is 7.97. The first-order valence-corrected chi connectivity index (χ1v) is 12.1. The molecule has 0 radical (unpaired) electrons. The van der Waals surface area contributed by atoms with Crippen LogP contribution in [0.25, 0.3) is 11.0 Å². The minimum atomic E-state index is -0.865. The summed E-state index contributed by atoms with van der Waals surface area (Å²) in [6, 6.07) is 8.37. The fraction of sp³-hybridized carbons (Fsp3) is 0.654. The molecule has 1 aliphatic heterocycles. The number of para-hydroxylation sites is 1. The number of carbonyl (C=O) groups is 1. The summed E-state index contributed by atoms with van der Waals surface area (Å²) in [6.45, 7) is 3.50. The Hall–Kier alpha value is -1.89. The van der Waals surface area contributed by atoms with Crippen molar-refractivity contribution in [1.82, 2.24) is 4.90 Å². The molecule has 0 bridgehead atoms. The van der Waals surface area contributed by atoms with Gasteiger partial charge in [-0.05, 0) is 82.5 Å². The molecule has 1 amide bonds. The van der Waals surface area contributed by atoms with E-state index in [-0.39, 0.29) is 18.2 Å². The van der Waals surface area contributed by atoms with Gasteiger partial charge in [-0.3, -0.25) is 4.79 Å². The Balaban J connectivity index is 1.22. The molecule has 6 nitrogen and oxygen atoms in total.